The number of amides is 3. The van der Waals surface area contributed by atoms with Crippen molar-refractivity contribution in [3.63, 3.8) is 0 Å². The first-order chi connectivity index (χ1) is 24.3. The summed E-state index contributed by atoms with van der Waals surface area (Å²) in [4.78, 5) is 45.9. The number of thioether (sulfide) groups is 1. The zero-order valence-corrected chi connectivity index (χ0v) is 30.2. The van der Waals surface area contributed by atoms with Crippen molar-refractivity contribution in [1.29, 1.82) is 0 Å². The maximum absolute atomic E-state index is 13.8. The number of carbonyl (C=O) groups excluding carboxylic acids is 3. The molecule has 0 aliphatic carbocycles. The molecule has 1 heterocycles. The Hall–Kier alpha value is -5.00. The van der Waals surface area contributed by atoms with Crippen molar-refractivity contribution in [1.82, 2.24) is 10.3 Å². The molecule has 0 bridgehead atoms. The summed E-state index contributed by atoms with van der Waals surface area (Å²) in [7, 11) is 0. The molecule has 1 aromatic heterocycles. The fourth-order valence-electron chi connectivity index (χ4n) is 4.84. The number of hydrogen-bond donors (Lipinski definition) is 3. The summed E-state index contributed by atoms with van der Waals surface area (Å²) in [5.41, 5.74) is 4.15. The van der Waals surface area contributed by atoms with Crippen LogP contribution in [0.3, 0.4) is 0 Å². The highest BCUT2D eigenvalue weighted by molar-refractivity contribution is 9.10. The molecule has 7 nitrogen and oxygen atoms in total. The number of benzene rings is 5. The Kier molecular flexibility index (Phi) is 11.6. The van der Waals surface area contributed by atoms with E-state index in [4.69, 9.17) is 11.6 Å². The summed E-state index contributed by atoms with van der Waals surface area (Å²) in [6.07, 6.45) is 1.62. The van der Waals surface area contributed by atoms with E-state index in [0.717, 1.165) is 31.8 Å². The van der Waals surface area contributed by atoms with E-state index in [-0.39, 0.29) is 11.6 Å². The third kappa shape index (κ3) is 9.36. The Morgan fingerprint density at radius 2 is 1.52 bits per heavy atom. The van der Waals surface area contributed by atoms with Crippen LogP contribution >= 0.6 is 50.6 Å². The van der Waals surface area contributed by atoms with Crippen molar-refractivity contribution in [2.75, 3.05) is 10.6 Å². The van der Waals surface area contributed by atoms with Gasteiger partial charge in [0.2, 0.25) is 5.91 Å². The predicted molar refractivity (Wildman–Crippen MR) is 207 cm³/mol. The van der Waals surface area contributed by atoms with Gasteiger partial charge in [-0.3, -0.25) is 14.4 Å². The molecule has 1 unspecified atom stereocenters. The number of nitrogens with one attached hydrogen (secondary N) is 3. The number of aromatic nitrogens is 1. The Labute approximate surface area is 311 Å². The first-order valence-electron chi connectivity index (χ1n) is 15.3. The average Bonchev–Trinajstić information content (AvgIpc) is 3.59. The van der Waals surface area contributed by atoms with E-state index in [1.54, 1.807) is 60.7 Å². The number of nitrogens with zero attached hydrogens (tertiary/aromatic N) is 1. The molecule has 6 rings (SSSR count). The van der Waals surface area contributed by atoms with Crippen LogP contribution in [0.25, 0.3) is 17.3 Å². The normalized spacial score (nSPS) is 11.8. The Balaban J connectivity index is 1.21. The topological polar surface area (TPSA) is 100 Å². The zero-order valence-electron chi connectivity index (χ0n) is 26.2. The molecule has 248 valence electrons. The van der Waals surface area contributed by atoms with Gasteiger partial charge in [-0.1, -0.05) is 106 Å². The van der Waals surface area contributed by atoms with Gasteiger partial charge in [0.15, 0.2) is 5.13 Å². The van der Waals surface area contributed by atoms with Gasteiger partial charge in [0.25, 0.3) is 11.8 Å². The Morgan fingerprint density at radius 3 is 2.26 bits per heavy atom. The lowest BCUT2D eigenvalue weighted by Gasteiger charge is -2.17. The molecule has 3 amide bonds. The van der Waals surface area contributed by atoms with Crippen molar-refractivity contribution < 1.29 is 14.4 Å². The van der Waals surface area contributed by atoms with Gasteiger partial charge in [0.1, 0.15) is 10.9 Å². The summed E-state index contributed by atoms with van der Waals surface area (Å²) in [6.45, 7) is 0. The number of anilines is 2. The van der Waals surface area contributed by atoms with E-state index in [0.29, 0.717) is 21.4 Å². The third-order valence-electron chi connectivity index (χ3n) is 7.25. The lowest BCUT2D eigenvalue weighted by atomic mass is 10.1. The van der Waals surface area contributed by atoms with Crippen LogP contribution in [-0.2, 0) is 9.59 Å². The molecule has 50 heavy (non-hydrogen) atoms. The first kappa shape index (κ1) is 34.8. The summed E-state index contributed by atoms with van der Waals surface area (Å²) in [5, 5.41) is 11.0. The van der Waals surface area contributed by atoms with Gasteiger partial charge in [0, 0.05) is 36.6 Å². The largest absolute Gasteiger partial charge is 0.321 e. The maximum atomic E-state index is 13.8. The second kappa shape index (κ2) is 16.6. The molecule has 0 radical (unpaired) electrons. The Morgan fingerprint density at radius 1 is 0.800 bits per heavy atom. The van der Waals surface area contributed by atoms with Crippen LogP contribution < -0.4 is 16.0 Å². The second-order valence-corrected chi connectivity index (χ2v) is 14.2. The van der Waals surface area contributed by atoms with Crippen molar-refractivity contribution in [3.8, 4) is 11.3 Å². The molecule has 0 saturated heterocycles. The summed E-state index contributed by atoms with van der Waals surface area (Å²) >= 11 is 12.2. The monoisotopic (exact) mass is 778 g/mol. The molecule has 0 fully saturated rings. The second-order valence-electron chi connectivity index (χ2n) is 10.9. The van der Waals surface area contributed by atoms with E-state index >= 15 is 0 Å². The van der Waals surface area contributed by atoms with E-state index in [9.17, 15) is 14.4 Å². The van der Waals surface area contributed by atoms with Gasteiger partial charge in [-0.25, -0.2) is 4.98 Å². The summed E-state index contributed by atoms with van der Waals surface area (Å²) < 4.78 is 0.832. The van der Waals surface area contributed by atoms with Gasteiger partial charge in [-0.15, -0.1) is 23.1 Å². The van der Waals surface area contributed by atoms with E-state index in [1.807, 2.05) is 84.2 Å². The lowest BCUT2D eigenvalue weighted by Crippen LogP contribution is -2.30. The standard InChI is InChI=1S/C39H28BrClN4O3S2/c40-29-14-7-9-25(21-29)22-33(43-36(46)28-12-5-2-6-13-28)37(47)42-31-15-8-16-32(23-31)50-35(27-10-3-1-4-11-27)38(48)45-39-44-34(24-49-39)26-17-19-30(41)20-18-26/h1-24,35H,(H,42,47)(H,43,46)(H,44,45,48)/b33-22+. The minimum atomic E-state index is -0.623. The van der Waals surface area contributed by atoms with E-state index in [1.165, 1.54) is 23.1 Å². The summed E-state index contributed by atoms with van der Waals surface area (Å²) in [5.74, 6) is -1.16. The highest BCUT2D eigenvalue weighted by Gasteiger charge is 2.24. The molecule has 0 spiro atoms. The average molecular weight is 780 g/mol. The van der Waals surface area contributed by atoms with Crippen molar-refractivity contribution in [2.24, 2.45) is 0 Å². The highest BCUT2D eigenvalue weighted by Crippen LogP contribution is 2.38. The smallest absolute Gasteiger partial charge is 0.272 e. The van der Waals surface area contributed by atoms with Crippen LogP contribution in [0.4, 0.5) is 10.8 Å². The fraction of sp³-hybridized carbons (Fsp3) is 0.0256. The number of thiazole rings is 1. The van der Waals surface area contributed by atoms with E-state index < -0.39 is 17.1 Å². The Bertz CT molecular complexity index is 2160. The SMILES string of the molecule is O=C(Nc1cccc(SC(C(=O)Nc2nc(-c3ccc(Cl)cc3)cs2)c2ccccc2)c1)/C(=C\c1cccc(Br)c1)NC(=O)c1ccccc1. The number of hydrogen-bond acceptors (Lipinski definition) is 6. The molecule has 3 N–H and O–H groups in total. The number of halogens is 2. The molecule has 5 aromatic carbocycles. The van der Waals surface area contributed by atoms with Gasteiger partial charge in [0.05, 0.1) is 5.69 Å². The first-order valence-corrected chi connectivity index (χ1v) is 18.2. The van der Waals surface area contributed by atoms with Crippen LogP contribution in [0.2, 0.25) is 5.02 Å². The molecular weight excluding hydrogens is 752 g/mol. The van der Waals surface area contributed by atoms with Crippen molar-refractivity contribution in [3.05, 3.63) is 171 Å². The van der Waals surface area contributed by atoms with Crippen LogP contribution in [0.15, 0.2) is 154 Å². The van der Waals surface area contributed by atoms with Crippen LogP contribution in [-0.4, -0.2) is 22.7 Å². The number of carbonyl (C=O) groups is 3. The molecule has 0 aliphatic heterocycles. The molecule has 1 atom stereocenters. The lowest BCUT2D eigenvalue weighted by molar-refractivity contribution is -0.116. The third-order valence-corrected chi connectivity index (χ3v) is 10.0. The molecule has 0 saturated carbocycles. The van der Waals surface area contributed by atoms with E-state index in [2.05, 4.69) is 36.9 Å². The predicted octanol–water partition coefficient (Wildman–Crippen LogP) is 10.1. The number of rotatable bonds is 11. The van der Waals surface area contributed by atoms with Gasteiger partial charge < -0.3 is 16.0 Å². The van der Waals surface area contributed by atoms with Crippen molar-refractivity contribution >= 4 is 85.2 Å². The molecule has 11 heteroatoms. The minimum Gasteiger partial charge on any atom is -0.321 e. The quantitative estimate of drug-likeness (QED) is 0.0898. The van der Waals surface area contributed by atoms with Gasteiger partial charge in [-0.05, 0) is 71.8 Å². The minimum absolute atomic E-state index is 0.0676. The fourth-order valence-corrected chi connectivity index (χ4v) is 7.19. The van der Waals surface area contributed by atoms with Gasteiger partial charge in [-0.2, -0.15) is 0 Å². The van der Waals surface area contributed by atoms with Gasteiger partial charge >= 0.3 is 0 Å². The summed E-state index contributed by atoms with van der Waals surface area (Å²) in [6, 6.07) is 40.2. The van der Waals surface area contributed by atoms with Crippen LogP contribution in [0.5, 0.6) is 0 Å². The zero-order chi connectivity index (χ0) is 34.9. The maximum Gasteiger partial charge on any atom is 0.272 e. The molecule has 6 aromatic rings. The molecule has 0 aliphatic rings. The van der Waals surface area contributed by atoms with Crippen LogP contribution in [0, 0.1) is 0 Å². The van der Waals surface area contributed by atoms with Crippen LogP contribution in [0.1, 0.15) is 26.7 Å². The molecular formula is C39H28BrClN4O3S2. The van der Waals surface area contributed by atoms with Crippen molar-refractivity contribution in [2.45, 2.75) is 10.1 Å². The highest BCUT2D eigenvalue weighted by atomic mass is 79.9.